The fourth-order valence-corrected chi connectivity index (χ4v) is 2.18. The summed E-state index contributed by atoms with van der Waals surface area (Å²) in [5.74, 6) is 0.0479. The number of nitrogens with one attached hydrogen (secondary N) is 2. The van der Waals surface area contributed by atoms with E-state index in [1.165, 1.54) is 0 Å². The zero-order valence-corrected chi connectivity index (χ0v) is 15.6. The summed E-state index contributed by atoms with van der Waals surface area (Å²) in [5.41, 5.74) is 0.534. The highest BCUT2D eigenvalue weighted by Gasteiger charge is 2.16. The number of hydrogen-bond acceptors (Lipinski definition) is 4. The summed E-state index contributed by atoms with van der Waals surface area (Å²) in [6.07, 6.45) is 0. The number of halogens is 1. The molecule has 0 aliphatic heterocycles. The minimum absolute atomic E-state index is 0.183. The summed E-state index contributed by atoms with van der Waals surface area (Å²) in [5, 5.41) is 5.80. The molecule has 0 heterocycles. The van der Waals surface area contributed by atoms with Crippen LogP contribution in [-0.2, 0) is 9.53 Å². The fourth-order valence-electron chi connectivity index (χ4n) is 1.99. The van der Waals surface area contributed by atoms with Crippen molar-refractivity contribution < 1.29 is 19.1 Å². The Labute approximate surface area is 157 Å². The largest absolute Gasteiger partial charge is 0.482 e. The van der Waals surface area contributed by atoms with E-state index in [0.29, 0.717) is 22.1 Å². The molecule has 138 valence electrons. The van der Waals surface area contributed by atoms with Crippen molar-refractivity contribution in [3.8, 4) is 5.75 Å². The van der Waals surface area contributed by atoms with Crippen LogP contribution in [0.15, 0.2) is 48.5 Å². The lowest BCUT2D eigenvalue weighted by atomic mass is 10.2. The first kappa shape index (κ1) is 19.6. The van der Waals surface area contributed by atoms with Crippen molar-refractivity contribution in [2.75, 3.05) is 17.2 Å². The Morgan fingerprint density at radius 3 is 2.27 bits per heavy atom. The van der Waals surface area contributed by atoms with Crippen LogP contribution in [0.5, 0.6) is 5.75 Å². The number of ether oxygens (including phenoxy) is 2. The molecule has 0 spiro atoms. The van der Waals surface area contributed by atoms with Crippen molar-refractivity contribution in [3.63, 3.8) is 0 Å². The van der Waals surface area contributed by atoms with Crippen molar-refractivity contribution in [1.82, 2.24) is 0 Å². The van der Waals surface area contributed by atoms with E-state index in [9.17, 15) is 9.59 Å². The Morgan fingerprint density at radius 2 is 1.65 bits per heavy atom. The third kappa shape index (κ3) is 6.64. The van der Waals surface area contributed by atoms with Gasteiger partial charge in [-0.25, -0.2) is 9.59 Å². The molecule has 2 aromatic carbocycles. The molecule has 0 radical (unpaired) electrons. The monoisotopic (exact) mass is 376 g/mol. The van der Waals surface area contributed by atoms with Gasteiger partial charge in [-0.15, -0.1) is 0 Å². The number of carbonyl (C=O) groups excluding carboxylic acids is 2. The van der Waals surface area contributed by atoms with Gasteiger partial charge in [0.15, 0.2) is 6.61 Å². The van der Waals surface area contributed by atoms with Gasteiger partial charge in [0.05, 0.1) is 10.7 Å². The van der Waals surface area contributed by atoms with Crippen LogP contribution in [-0.4, -0.2) is 24.2 Å². The van der Waals surface area contributed by atoms with Crippen molar-refractivity contribution in [2.24, 2.45) is 0 Å². The average Bonchev–Trinajstić information content (AvgIpc) is 2.55. The van der Waals surface area contributed by atoms with Crippen LogP contribution in [0.25, 0.3) is 0 Å². The first-order valence-electron chi connectivity index (χ1n) is 8.00. The number of amides is 2. The van der Waals surface area contributed by atoms with Crippen LogP contribution in [0.2, 0.25) is 5.02 Å². The van der Waals surface area contributed by atoms with Crippen LogP contribution in [0.4, 0.5) is 16.2 Å². The highest BCUT2D eigenvalue weighted by molar-refractivity contribution is 6.33. The third-order valence-electron chi connectivity index (χ3n) is 3.01. The van der Waals surface area contributed by atoms with Gasteiger partial charge in [-0.05, 0) is 57.2 Å². The Bertz CT molecular complexity index is 770. The first-order valence-corrected chi connectivity index (χ1v) is 8.38. The van der Waals surface area contributed by atoms with Crippen LogP contribution in [0, 0.1) is 0 Å². The van der Waals surface area contributed by atoms with Crippen LogP contribution in [0.1, 0.15) is 20.8 Å². The molecular formula is C19H21ClN2O4. The molecule has 0 saturated heterocycles. The first-order chi connectivity index (χ1) is 12.2. The second-order valence-corrected chi connectivity index (χ2v) is 6.87. The molecule has 7 heteroatoms. The summed E-state index contributed by atoms with van der Waals surface area (Å²) in [6.45, 7) is 5.19. The molecule has 0 aromatic heterocycles. The molecule has 0 bridgehead atoms. The molecule has 0 aliphatic carbocycles. The molecule has 0 aliphatic rings. The van der Waals surface area contributed by atoms with Gasteiger partial charge >= 0.3 is 12.0 Å². The number of para-hydroxylation sites is 1. The van der Waals surface area contributed by atoms with E-state index in [1.807, 2.05) is 0 Å². The molecule has 0 unspecified atom stereocenters. The zero-order chi connectivity index (χ0) is 19.2. The van der Waals surface area contributed by atoms with Gasteiger partial charge in [-0.3, -0.25) is 0 Å². The van der Waals surface area contributed by atoms with Gasteiger partial charge in [0.1, 0.15) is 11.4 Å². The number of hydrogen-bond donors (Lipinski definition) is 2. The number of rotatable bonds is 5. The third-order valence-corrected chi connectivity index (χ3v) is 3.34. The van der Waals surface area contributed by atoms with E-state index < -0.39 is 17.6 Å². The lowest BCUT2D eigenvalue weighted by Gasteiger charge is -2.19. The highest BCUT2D eigenvalue weighted by Crippen LogP contribution is 2.21. The van der Waals surface area contributed by atoms with Gasteiger partial charge in [-0.2, -0.15) is 0 Å². The van der Waals surface area contributed by atoms with Crippen molar-refractivity contribution in [2.45, 2.75) is 26.4 Å². The number of carbonyl (C=O) groups is 2. The van der Waals surface area contributed by atoms with Gasteiger partial charge in [0.2, 0.25) is 0 Å². The van der Waals surface area contributed by atoms with Crippen molar-refractivity contribution in [1.29, 1.82) is 0 Å². The topological polar surface area (TPSA) is 76.7 Å². The van der Waals surface area contributed by atoms with Gasteiger partial charge < -0.3 is 20.1 Å². The predicted octanol–water partition coefficient (Wildman–Crippen LogP) is 4.70. The second-order valence-electron chi connectivity index (χ2n) is 6.46. The van der Waals surface area contributed by atoms with Gasteiger partial charge in [0.25, 0.3) is 0 Å². The van der Waals surface area contributed by atoms with Crippen LogP contribution < -0.4 is 15.4 Å². The van der Waals surface area contributed by atoms with E-state index in [-0.39, 0.29) is 6.61 Å². The smallest absolute Gasteiger partial charge is 0.344 e. The lowest BCUT2D eigenvalue weighted by molar-refractivity contribution is -0.157. The molecule has 0 saturated carbocycles. The summed E-state index contributed by atoms with van der Waals surface area (Å²) in [6, 6.07) is 13.2. The molecular weight excluding hydrogens is 356 g/mol. The normalized spacial score (nSPS) is 10.8. The number of benzene rings is 2. The predicted molar refractivity (Wildman–Crippen MR) is 102 cm³/mol. The molecule has 0 atom stereocenters. The minimum atomic E-state index is -0.552. The number of esters is 1. The zero-order valence-electron chi connectivity index (χ0n) is 14.8. The van der Waals surface area contributed by atoms with E-state index in [1.54, 1.807) is 69.3 Å². The number of urea groups is 1. The number of anilines is 2. The quantitative estimate of drug-likeness (QED) is 0.741. The maximum atomic E-state index is 12.0. The Hall–Kier alpha value is -2.73. The molecule has 6 nitrogen and oxygen atoms in total. The van der Waals surface area contributed by atoms with Gasteiger partial charge in [-0.1, -0.05) is 23.7 Å². The standard InChI is InChI=1S/C19H21ClN2O4/c1-19(2,3)26-17(23)12-25-14-10-8-13(9-11-14)21-18(24)22-16-7-5-4-6-15(16)20/h4-11H,12H2,1-3H3,(H2,21,22,24). The maximum absolute atomic E-state index is 12.0. The minimum Gasteiger partial charge on any atom is -0.482 e. The summed E-state index contributed by atoms with van der Waals surface area (Å²) in [4.78, 5) is 23.6. The van der Waals surface area contributed by atoms with Crippen molar-refractivity contribution in [3.05, 3.63) is 53.6 Å². The van der Waals surface area contributed by atoms with Crippen LogP contribution >= 0.6 is 11.6 Å². The summed E-state index contributed by atoms with van der Waals surface area (Å²) < 4.78 is 10.5. The molecule has 2 amide bonds. The van der Waals surface area contributed by atoms with Crippen LogP contribution in [0.3, 0.4) is 0 Å². The second kappa shape index (κ2) is 8.58. The van der Waals surface area contributed by atoms with E-state index in [2.05, 4.69) is 10.6 Å². The van der Waals surface area contributed by atoms with Gasteiger partial charge in [0, 0.05) is 5.69 Å². The Balaban J connectivity index is 1.84. The van der Waals surface area contributed by atoms with Crippen molar-refractivity contribution >= 4 is 35.0 Å². The van der Waals surface area contributed by atoms with E-state index >= 15 is 0 Å². The molecule has 2 N–H and O–H groups in total. The maximum Gasteiger partial charge on any atom is 0.344 e. The molecule has 2 aromatic rings. The lowest BCUT2D eigenvalue weighted by Crippen LogP contribution is -2.27. The molecule has 2 rings (SSSR count). The average molecular weight is 377 g/mol. The fraction of sp³-hybridized carbons (Fsp3) is 0.263. The Morgan fingerprint density at radius 1 is 1.00 bits per heavy atom. The SMILES string of the molecule is CC(C)(C)OC(=O)COc1ccc(NC(=O)Nc2ccccc2Cl)cc1. The molecule has 0 fully saturated rings. The molecule has 26 heavy (non-hydrogen) atoms. The van der Waals surface area contributed by atoms with E-state index in [0.717, 1.165) is 0 Å². The summed E-state index contributed by atoms with van der Waals surface area (Å²) >= 11 is 6.00. The Kier molecular flexibility index (Phi) is 6.46. The summed E-state index contributed by atoms with van der Waals surface area (Å²) in [7, 11) is 0. The van der Waals surface area contributed by atoms with E-state index in [4.69, 9.17) is 21.1 Å². The highest BCUT2D eigenvalue weighted by atomic mass is 35.5.